The Bertz CT molecular complexity index is 1520. The number of halogens is 4. The van der Waals surface area contributed by atoms with E-state index >= 15 is 0 Å². The largest absolute Gasteiger partial charge is 0.490 e. The number of carbonyl (C=O) groups excluding carboxylic acids is 1. The first-order valence-electron chi connectivity index (χ1n) is 11.6. The summed E-state index contributed by atoms with van der Waals surface area (Å²) in [6.45, 7) is 0.319. The van der Waals surface area contributed by atoms with E-state index in [4.69, 9.17) is 16.3 Å². The molecule has 0 unspecified atom stereocenters. The summed E-state index contributed by atoms with van der Waals surface area (Å²) in [5.41, 5.74) is 3.21. The molecule has 0 saturated carbocycles. The average molecular weight is 544 g/mol. The van der Waals surface area contributed by atoms with Crippen LogP contribution in [0.1, 0.15) is 22.7 Å². The molecule has 4 aromatic rings. The zero-order valence-electron chi connectivity index (χ0n) is 19.6. The quantitative estimate of drug-likeness (QED) is 0.289. The Morgan fingerprint density at radius 3 is 2.61 bits per heavy atom. The molecule has 0 radical (unpaired) electrons. The van der Waals surface area contributed by atoms with Crippen LogP contribution >= 0.6 is 11.6 Å². The summed E-state index contributed by atoms with van der Waals surface area (Å²) in [4.78, 5) is 26.4. The molecule has 1 aliphatic carbocycles. The molecule has 8 nitrogen and oxygen atoms in total. The summed E-state index contributed by atoms with van der Waals surface area (Å²) in [6.07, 6.45) is -5.84. The van der Waals surface area contributed by atoms with Crippen LogP contribution in [0.4, 0.5) is 24.8 Å². The number of esters is 1. The van der Waals surface area contributed by atoms with Crippen LogP contribution in [-0.4, -0.2) is 33.0 Å². The number of H-pyrrole nitrogens is 1. The second kappa shape index (κ2) is 10.3. The number of alkyl halides is 3. The molecule has 0 saturated heterocycles. The second-order valence-electron chi connectivity index (χ2n) is 8.70. The lowest BCUT2D eigenvalue weighted by molar-refractivity contribution is -0.205. The highest BCUT2D eigenvalue weighted by atomic mass is 35.5. The average Bonchev–Trinajstić information content (AvgIpc) is 3.42. The fourth-order valence-electron chi connectivity index (χ4n) is 4.35. The molecule has 3 aromatic carbocycles. The van der Waals surface area contributed by atoms with Crippen LogP contribution in [0.3, 0.4) is 0 Å². The van der Waals surface area contributed by atoms with Gasteiger partial charge in [0.2, 0.25) is 5.95 Å². The van der Waals surface area contributed by atoms with Gasteiger partial charge in [0.05, 0.1) is 11.7 Å². The Kier molecular flexibility index (Phi) is 6.96. The fourth-order valence-corrected chi connectivity index (χ4v) is 4.53. The van der Waals surface area contributed by atoms with E-state index in [2.05, 4.69) is 20.7 Å². The predicted molar refractivity (Wildman–Crippen MR) is 135 cm³/mol. The van der Waals surface area contributed by atoms with Crippen molar-refractivity contribution in [1.29, 1.82) is 0 Å². The van der Waals surface area contributed by atoms with E-state index in [-0.39, 0.29) is 12.4 Å². The van der Waals surface area contributed by atoms with Gasteiger partial charge in [-0.15, -0.1) is 5.10 Å². The van der Waals surface area contributed by atoms with Crippen molar-refractivity contribution in [2.45, 2.75) is 31.3 Å². The number of carbonyl (C=O) groups is 1. The molecule has 5 rings (SSSR count). The number of aromatic nitrogens is 3. The van der Waals surface area contributed by atoms with Gasteiger partial charge >= 0.3 is 17.8 Å². The molecule has 0 amide bonds. The highest BCUT2D eigenvalue weighted by Crippen LogP contribution is 2.35. The maximum atomic E-state index is 12.8. The first kappa shape index (κ1) is 25.6. The van der Waals surface area contributed by atoms with Crippen molar-refractivity contribution in [2.24, 2.45) is 0 Å². The number of ether oxygens (including phenoxy) is 1. The van der Waals surface area contributed by atoms with E-state index in [9.17, 15) is 22.8 Å². The molecule has 2 atom stereocenters. The van der Waals surface area contributed by atoms with Crippen molar-refractivity contribution >= 4 is 29.2 Å². The Morgan fingerprint density at radius 1 is 1.11 bits per heavy atom. The number of nitrogens with zero attached hydrogens (tertiary/aromatic N) is 2. The molecule has 1 heterocycles. The van der Waals surface area contributed by atoms with E-state index < -0.39 is 30.0 Å². The van der Waals surface area contributed by atoms with Crippen LogP contribution in [0.25, 0.3) is 5.69 Å². The Hall–Kier alpha value is -4.09. The van der Waals surface area contributed by atoms with E-state index in [1.54, 1.807) is 48.5 Å². The molecular weight excluding hydrogens is 523 g/mol. The van der Waals surface area contributed by atoms with Crippen LogP contribution < -0.4 is 16.3 Å². The number of anilines is 2. The van der Waals surface area contributed by atoms with Gasteiger partial charge < -0.3 is 15.4 Å². The molecule has 12 heteroatoms. The number of hydrogen-bond acceptors (Lipinski definition) is 6. The minimum absolute atomic E-state index is 0.193. The Balaban J connectivity index is 1.25. The van der Waals surface area contributed by atoms with Gasteiger partial charge in [-0.3, -0.25) is 4.98 Å². The smallest absolute Gasteiger partial charge is 0.453 e. The first-order valence-corrected chi connectivity index (χ1v) is 12.0. The third-order valence-electron chi connectivity index (χ3n) is 6.09. The SMILES string of the molecule is O=C(O[C@@H]1Cc2ccccc2[C@@H]1NCc1ccc(Nc2nn(-c3cccc(Cl)c3)c(=O)[nH]2)cc1)C(F)(F)F. The van der Waals surface area contributed by atoms with Crippen molar-refractivity contribution in [3.8, 4) is 5.69 Å². The standard InChI is InChI=1S/C26H21ClF3N5O3/c27-17-5-3-6-19(13-17)35-25(37)33-24(34-35)32-18-10-8-15(9-11-18)14-31-22-20-7-2-1-4-16(20)12-21(22)38-23(36)26(28,29)30/h1-11,13,21-22,31H,12,14H2,(H2,32,33,34,37)/t21-,22+/m1/s1. The van der Waals surface area contributed by atoms with Crippen LogP contribution in [-0.2, 0) is 22.5 Å². The monoisotopic (exact) mass is 543 g/mol. The number of benzene rings is 3. The van der Waals surface area contributed by atoms with Crippen LogP contribution in [0.2, 0.25) is 5.02 Å². The van der Waals surface area contributed by atoms with Gasteiger partial charge in [0, 0.05) is 23.7 Å². The van der Waals surface area contributed by atoms with E-state index in [1.807, 2.05) is 24.3 Å². The highest BCUT2D eigenvalue weighted by molar-refractivity contribution is 6.30. The van der Waals surface area contributed by atoms with Crippen LogP contribution in [0, 0.1) is 0 Å². The fraction of sp³-hybridized carbons (Fsp3) is 0.192. The molecule has 1 aromatic heterocycles. The summed E-state index contributed by atoms with van der Waals surface area (Å²) in [6, 6.07) is 20.5. The number of hydrogen-bond donors (Lipinski definition) is 3. The summed E-state index contributed by atoms with van der Waals surface area (Å²) in [7, 11) is 0. The molecule has 0 fully saturated rings. The molecular formula is C26H21ClF3N5O3. The van der Waals surface area contributed by atoms with Crippen molar-refractivity contribution < 1.29 is 22.7 Å². The third kappa shape index (κ3) is 5.58. The van der Waals surface area contributed by atoms with Gasteiger partial charge in [0.1, 0.15) is 6.10 Å². The molecule has 0 aliphatic heterocycles. The van der Waals surface area contributed by atoms with Crippen molar-refractivity contribution in [3.05, 3.63) is 105 Å². The lowest BCUT2D eigenvalue weighted by atomic mass is 10.1. The van der Waals surface area contributed by atoms with Gasteiger partial charge in [0.15, 0.2) is 0 Å². The summed E-state index contributed by atoms with van der Waals surface area (Å²) < 4.78 is 44.4. The minimum Gasteiger partial charge on any atom is -0.453 e. The predicted octanol–water partition coefficient (Wildman–Crippen LogP) is 4.82. The number of fused-ring (bicyclic) bond motifs is 1. The van der Waals surface area contributed by atoms with E-state index in [1.165, 1.54) is 4.68 Å². The van der Waals surface area contributed by atoms with Crippen molar-refractivity contribution in [2.75, 3.05) is 5.32 Å². The lowest BCUT2D eigenvalue weighted by Crippen LogP contribution is -2.36. The molecule has 0 spiro atoms. The maximum absolute atomic E-state index is 12.8. The highest BCUT2D eigenvalue weighted by Gasteiger charge is 2.45. The van der Waals surface area contributed by atoms with Crippen molar-refractivity contribution in [3.63, 3.8) is 0 Å². The number of rotatable bonds is 7. The van der Waals surface area contributed by atoms with Crippen molar-refractivity contribution in [1.82, 2.24) is 20.1 Å². The first-order chi connectivity index (χ1) is 18.2. The maximum Gasteiger partial charge on any atom is 0.490 e. The Morgan fingerprint density at radius 2 is 1.87 bits per heavy atom. The molecule has 196 valence electrons. The van der Waals surface area contributed by atoms with E-state index in [0.717, 1.165) is 16.7 Å². The summed E-state index contributed by atoms with van der Waals surface area (Å²) >= 11 is 6.00. The molecule has 1 aliphatic rings. The van der Waals surface area contributed by atoms with Gasteiger partial charge in [-0.2, -0.15) is 17.9 Å². The molecule has 0 bridgehead atoms. The zero-order valence-corrected chi connectivity index (χ0v) is 20.4. The normalized spacial score (nSPS) is 16.7. The van der Waals surface area contributed by atoms with Gasteiger partial charge in [-0.05, 0) is 47.0 Å². The number of aromatic amines is 1. The van der Waals surface area contributed by atoms with E-state index in [0.29, 0.717) is 22.9 Å². The van der Waals surface area contributed by atoms with Gasteiger partial charge in [-0.25, -0.2) is 9.59 Å². The summed E-state index contributed by atoms with van der Waals surface area (Å²) in [5.74, 6) is -1.97. The molecule has 38 heavy (non-hydrogen) atoms. The summed E-state index contributed by atoms with van der Waals surface area (Å²) in [5, 5.41) is 11.0. The Labute approximate surface area is 219 Å². The zero-order chi connectivity index (χ0) is 26.9. The van der Waals surface area contributed by atoms with Crippen LogP contribution in [0.15, 0.2) is 77.6 Å². The van der Waals surface area contributed by atoms with Crippen LogP contribution in [0.5, 0.6) is 0 Å². The molecule has 3 N–H and O–H groups in total. The van der Waals surface area contributed by atoms with Gasteiger partial charge in [-0.1, -0.05) is 54.1 Å². The second-order valence-corrected chi connectivity index (χ2v) is 9.13. The number of nitrogens with one attached hydrogen (secondary N) is 3. The third-order valence-corrected chi connectivity index (χ3v) is 6.32. The lowest BCUT2D eigenvalue weighted by Gasteiger charge is -2.23. The van der Waals surface area contributed by atoms with Gasteiger partial charge in [0.25, 0.3) is 0 Å². The topological polar surface area (TPSA) is 101 Å². The minimum atomic E-state index is -5.06.